The van der Waals surface area contributed by atoms with Gasteiger partial charge >= 0.3 is 0 Å². The zero-order valence-electron chi connectivity index (χ0n) is 23.5. The lowest BCUT2D eigenvalue weighted by molar-refractivity contribution is 1.07. The summed E-state index contributed by atoms with van der Waals surface area (Å²) in [5.41, 5.74) is 7.29. The standard InChI is InChI=1S/C38H24N6/c1-2-9-26(10-3-1)36-42-37(27-18-16-25(17-19-27)29-11-8-21-39-24-29)44-38(43-36)28-20-22-40-34(23-28)35-32-14-5-4-12-30(32)31-13-6-7-15-33(31)41-35/h1-24H. The first-order chi connectivity index (χ1) is 21.8. The smallest absolute Gasteiger partial charge is 0.164 e. The average Bonchev–Trinajstić information content (AvgIpc) is 3.12. The van der Waals surface area contributed by atoms with Crippen molar-refractivity contribution in [1.82, 2.24) is 29.9 Å². The van der Waals surface area contributed by atoms with Crippen molar-refractivity contribution in [3.63, 3.8) is 0 Å². The van der Waals surface area contributed by atoms with Crippen LogP contribution in [0.15, 0.2) is 146 Å². The van der Waals surface area contributed by atoms with Gasteiger partial charge in [-0.15, -0.1) is 0 Å². The van der Waals surface area contributed by atoms with E-state index in [2.05, 4.69) is 41.4 Å². The molecule has 44 heavy (non-hydrogen) atoms. The number of benzene rings is 4. The third kappa shape index (κ3) is 4.74. The van der Waals surface area contributed by atoms with Gasteiger partial charge < -0.3 is 0 Å². The minimum atomic E-state index is 0.568. The van der Waals surface area contributed by atoms with Crippen LogP contribution in [0.25, 0.3) is 78.4 Å². The van der Waals surface area contributed by atoms with Crippen LogP contribution in [-0.2, 0) is 0 Å². The van der Waals surface area contributed by atoms with Gasteiger partial charge in [-0.1, -0.05) is 103 Å². The SMILES string of the molecule is c1ccc(-c2nc(-c3ccc(-c4cccnc4)cc3)nc(-c3ccnc(-c4nc5ccccc5c5ccccc45)c3)n2)cc1. The molecule has 0 saturated carbocycles. The highest BCUT2D eigenvalue weighted by atomic mass is 15.0. The molecule has 0 amide bonds. The molecule has 4 heterocycles. The van der Waals surface area contributed by atoms with Crippen molar-refractivity contribution < 1.29 is 0 Å². The molecule has 206 valence electrons. The van der Waals surface area contributed by atoms with Gasteiger partial charge in [0.2, 0.25) is 0 Å². The molecule has 0 bridgehead atoms. The van der Waals surface area contributed by atoms with Gasteiger partial charge in [0.25, 0.3) is 0 Å². The van der Waals surface area contributed by atoms with Crippen LogP contribution in [-0.4, -0.2) is 29.9 Å². The number of para-hydroxylation sites is 1. The van der Waals surface area contributed by atoms with Crippen LogP contribution in [0.5, 0.6) is 0 Å². The average molecular weight is 565 g/mol. The number of aromatic nitrogens is 6. The molecule has 6 nitrogen and oxygen atoms in total. The molecule has 4 aromatic carbocycles. The normalized spacial score (nSPS) is 11.2. The number of rotatable bonds is 5. The molecule has 4 aromatic heterocycles. The predicted molar refractivity (Wildman–Crippen MR) is 175 cm³/mol. The fourth-order valence-corrected chi connectivity index (χ4v) is 5.49. The molecule has 0 fully saturated rings. The lowest BCUT2D eigenvalue weighted by Gasteiger charge is -2.11. The third-order valence-electron chi connectivity index (χ3n) is 7.67. The maximum absolute atomic E-state index is 5.05. The summed E-state index contributed by atoms with van der Waals surface area (Å²) in [6, 6.07) is 42.7. The lowest BCUT2D eigenvalue weighted by Crippen LogP contribution is -2.01. The summed E-state index contributed by atoms with van der Waals surface area (Å²) in [7, 11) is 0. The van der Waals surface area contributed by atoms with Crippen LogP contribution in [0.2, 0.25) is 0 Å². The minimum Gasteiger partial charge on any atom is -0.264 e. The Labute approximate surface area is 253 Å². The molecular weight excluding hydrogens is 540 g/mol. The topological polar surface area (TPSA) is 77.3 Å². The van der Waals surface area contributed by atoms with Crippen LogP contribution in [0.1, 0.15) is 0 Å². The van der Waals surface area contributed by atoms with Crippen LogP contribution >= 0.6 is 0 Å². The molecule has 0 unspecified atom stereocenters. The quantitative estimate of drug-likeness (QED) is 0.195. The Morgan fingerprint density at radius 1 is 0.386 bits per heavy atom. The Balaban J connectivity index is 1.27. The summed E-state index contributed by atoms with van der Waals surface area (Å²) < 4.78 is 0. The summed E-state index contributed by atoms with van der Waals surface area (Å²) in [6.07, 6.45) is 5.43. The highest BCUT2D eigenvalue weighted by molar-refractivity contribution is 6.10. The van der Waals surface area contributed by atoms with Gasteiger partial charge in [0.1, 0.15) is 0 Å². The molecule has 0 atom stereocenters. The van der Waals surface area contributed by atoms with Gasteiger partial charge in [-0.3, -0.25) is 9.97 Å². The van der Waals surface area contributed by atoms with Crippen LogP contribution in [0.4, 0.5) is 0 Å². The van der Waals surface area contributed by atoms with E-state index in [1.165, 1.54) is 0 Å². The predicted octanol–water partition coefficient (Wildman–Crippen LogP) is 8.70. The highest BCUT2D eigenvalue weighted by Gasteiger charge is 2.16. The van der Waals surface area contributed by atoms with Crippen LogP contribution in [0, 0.1) is 0 Å². The van der Waals surface area contributed by atoms with Crippen molar-refractivity contribution in [1.29, 1.82) is 0 Å². The zero-order valence-corrected chi connectivity index (χ0v) is 23.5. The molecular formula is C38H24N6. The van der Waals surface area contributed by atoms with Crippen molar-refractivity contribution in [2.24, 2.45) is 0 Å². The van der Waals surface area contributed by atoms with Gasteiger partial charge in [-0.25, -0.2) is 19.9 Å². The minimum absolute atomic E-state index is 0.568. The van der Waals surface area contributed by atoms with E-state index in [9.17, 15) is 0 Å². The zero-order chi connectivity index (χ0) is 29.3. The van der Waals surface area contributed by atoms with E-state index < -0.39 is 0 Å². The Morgan fingerprint density at radius 2 is 1.00 bits per heavy atom. The maximum Gasteiger partial charge on any atom is 0.164 e. The summed E-state index contributed by atoms with van der Waals surface area (Å²) in [5.74, 6) is 1.77. The highest BCUT2D eigenvalue weighted by Crippen LogP contribution is 2.33. The summed E-state index contributed by atoms with van der Waals surface area (Å²) in [6.45, 7) is 0. The van der Waals surface area contributed by atoms with Gasteiger partial charge in [-0.05, 0) is 40.8 Å². The number of hydrogen-bond acceptors (Lipinski definition) is 6. The maximum atomic E-state index is 5.05. The molecule has 8 rings (SSSR count). The summed E-state index contributed by atoms with van der Waals surface area (Å²) >= 11 is 0. The fraction of sp³-hybridized carbons (Fsp3) is 0. The van der Waals surface area contributed by atoms with E-state index >= 15 is 0 Å². The largest absolute Gasteiger partial charge is 0.264 e. The Morgan fingerprint density at radius 3 is 1.75 bits per heavy atom. The summed E-state index contributed by atoms with van der Waals surface area (Å²) in [4.78, 5) is 28.8. The van der Waals surface area contributed by atoms with E-state index in [0.717, 1.165) is 60.9 Å². The molecule has 0 radical (unpaired) electrons. The first-order valence-corrected chi connectivity index (χ1v) is 14.4. The van der Waals surface area contributed by atoms with Crippen molar-refractivity contribution in [3.8, 4) is 56.7 Å². The van der Waals surface area contributed by atoms with Crippen molar-refractivity contribution >= 4 is 21.7 Å². The van der Waals surface area contributed by atoms with Gasteiger partial charge in [0.05, 0.1) is 16.9 Å². The fourth-order valence-electron chi connectivity index (χ4n) is 5.49. The molecule has 0 spiro atoms. The second-order valence-corrected chi connectivity index (χ2v) is 10.4. The van der Waals surface area contributed by atoms with Gasteiger partial charge in [0.15, 0.2) is 17.5 Å². The monoisotopic (exact) mass is 564 g/mol. The number of fused-ring (bicyclic) bond motifs is 3. The number of hydrogen-bond donors (Lipinski definition) is 0. The van der Waals surface area contributed by atoms with Crippen molar-refractivity contribution in [3.05, 3.63) is 146 Å². The van der Waals surface area contributed by atoms with Crippen LogP contribution < -0.4 is 0 Å². The van der Waals surface area contributed by atoms with E-state index in [0.29, 0.717) is 17.5 Å². The Kier molecular flexibility index (Phi) is 6.35. The lowest BCUT2D eigenvalue weighted by atomic mass is 10.0. The van der Waals surface area contributed by atoms with E-state index in [1.54, 1.807) is 12.4 Å². The number of pyridine rings is 3. The van der Waals surface area contributed by atoms with Crippen molar-refractivity contribution in [2.45, 2.75) is 0 Å². The van der Waals surface area contributed by atoms with Gasteiger partial charge in [0, 0.05) is 46.1 Å². The Bertz CT molecular complexity index is 2270. The third-order valence-corrected chi connectivity index (χ3v) is 7.67. The van der Waals surface area contributed by atoms with Crippen LogP contribution in [0.3, 0.4) is 0 Å². The van der Waals surface area contributed by atoms with E-state index in [-0.39, 0.29) is 0 Å². The molecule has 0 aliphatic carbocycles. The second kappa shape index (κ2) is 10.9. The van der Waals surface area contributed by atoms with Crippen molar-refractivity contribution in [2.75, 3.05) is 0 Å². The molecule has 0 aliphatic heterocycles. The van der Waals surface area contributed by atoms with Gasteiger partial charge in [-0.2, -0.15) is 0 Å². The first-order valence-electron chi connectivity index (χ1n) is 14.4. The molecule has 0 N–H and O–H groups in total. The molecule has 0 saturated heterocycles. The first kappa shape index (κ1) is 25.6. The molecule has 0 aliphatic rings. The molecule has 8 aromatic rings. The second-order valence-electron chi connectivity index (χ2n) is 10.4. The van der Waals surface area contributed by atoms with E-state index in [1.807, 2.05) is 97.2 Å². The molecule has 6 heteroatoms. The summed E-state index contributed by atoms with van der Waals surface area (Å²) in [5, 5.41) is 3.31. The van der Waals surface area contributed by atoms with E-state index in [4.69, 9.17) is 24.9 Å². The number of nitrogens with zero attached hydrogens (tertiary/aromatic N) is 6. The Hall–Kier alpha value is -6.14.